The van der Waals surface area contributed by atoms with Gasteiger partial charge in [0, 0.05) is 25.8 Å². The topological polar surface area (TPSA) is 88.2 Å². The van der Waals surface area contributed by atoms with Gasteiger partial charge in [0.15, 0.2) is 0 Å². The molecule has 0 spiro atoms. The van der Waals surface area contributed by atoms with E-state index in [0.29, 0.717) is 23.7 Å². The van der Waals surface area contributed by atoms with Crippen molar-refractivity contribution in [2.24, 2.45) is 5.92 Å². The standard InChI is InChI=1S/C13H15N3O3/c14-8-11-1-2-13(16(17)18)12(7-11)15-5-3-10-4-6-19-9-10/h1-2,7,10,15H,3-6,9H2/t10-/m1/s1. The first-order valence-electron chi connectivity index (χ1n) is 6.21. The van der Waals surface area contributed by atoms with Crippen molar-refractivity contribution in [3.8, 4) is 6.07 Å². The Morgan fingerprint density at radius 3 is 3.05 bits per heavy atom. The molecular formula is C13H15N3O3. The van der Waals surface area contributed by atoms with E-state index in [1.807, 2.05) is 6.07 Å². The Bertz CT molecular complexity index is 504. The molecule has 100 valence electrons. The van der Waals surface area contributed by atoms with Crippen LogP contribution < -0.4 is 5.32 Å². The van der Waals surface area contributed by atoms with Gasteiger partial charge in [0.25, 0.3) is 5.69 Å². The van der Waals surface area contributed by atoms with E-state index in [0.717, 1.165) is 26.1 Å². The zero-order chi connectivity index (χ0) is 13.7. The number of benzene rings is 1. The minimum Gasteiger partial charge on any atom is -0.381 e. The first-order valence-corrected chi connectivity index (χ1v) is 6.21. The molecule has 6 heteroatoms. The molecule has 1 heterocycles. The van der Waals surface area contributed by atoms with E-state index in [4.69, 9.17) is 10.00 Å². The summed E-state index contributed by atoms with van der Waals surface area (Å²) in [5.41, 5.74) is 0.821. The molecule has 0 unspecified atom stereocenters. The monoisotopic (exact) mass is 261 g/mol. The van der Waals surface area contributed by atoms with Gasteiger partial charge in [-0.25, -0.2) is 0 Å². The third kappa shape index (κ3) is 3.42. The van der Waals surface area contributed by atoms with Gasteiger partial charge in [-0.15, -0.1) is 0 Å². The molecule has 2 rings (SSSR count). The summed E-state index contributed by atoms with van der Waals surface area (Å²) in [5, 5.41) is 22.8. The molecule has 1 aromatic rings. The summed E-state index contributed by atoms with van der Waals surface area (Å²) < 4.78 is 5.28. The van der Waals surface area contributed by atoms with Crippen molar-refractivity contribution in [2.75, 3.05) is 25.1 Å². The van der Waals surface area contributed by atoms with Gasteiger partial charge in [-0.1, -0.05) is 0 Å². The van der Waals surface area contributed by atoms with Crippen molar-refractivity contribution >= 4 is 11.4 Å². The van der Waals surface area contributed by atoms with Gasteiger partial charge < -0.3 is 10.1 Å². The van der Waals surface area contributed by atoms with Gasteiger partial charge in [-0.3, -0.25) is 10.1 Å². The first-order chi connectivity index (χ1) is 9.20. The van der Waals surface area contributed by atoms with Crippen LogP contribution in [0.5, 0.6) is 0 Å². The van der Waals surface area contributed by atoms with E-state index in [2.05, 4.69) is 5.32 Å². The number of rotatable bonds is 5. The number of nitriles is 1. The molecule has 1 fully saturated rings. The molecule has 19 heavy (non-hydrogen) atoms. The summed E-state index contributed by atoms with van der Waals surface area (Å²) >= 11 is 0. The average Bonchev–Trinajstić information content (AvgIpc) is 2.91. The molecule has 0 aromatic heterocycles. The molecule has 6 nitrogen and oxygen atoms in total. The maximum absolute atomic E-state index is 10.9. The van der Waals surface area contributed by atoms with E-state index in [-0.39, 0.29) is 5.69 Å². The smallest absolute Gasteiger partial charge is 0.292 e. The fourth-order valence-electron chi connectivity index (χ4n) is 2.13. The predicted octanol–water partition coefficient (Wildman–Crippen LogP) is 2.30. The SMILES string of the molecule is N#Cc1ccc([N+](=O)[O-])c(NCC[C@@H]2CCOC2)c1. The minimum absolute atomic E-state index is 0.00155. The molecule has 1 N–H and O–H groups in total. The van der Waals surface area contributed by atoms with E-state index >= 15 is 0 Å². The number of hydrogen-bond donors (Lipinski definition) is 1. The minimum atomic E-state index is -0.442. The Hall–Kier alpha value is -2.13. The molecule has 1 atom stereocenters. The first kappa shape index (κ1) is 13.3. The second-order valence-electron chi connectivity index (χ2n) is 4.55. The Balaban J connectivity index is 2.00. The summed E-state index contributed by atoms with van der Waals surface area (Å²) in [6.45, 7) is 2.21. The Labute approximate surface area is 111 Å². The molecular weight excluding hydrogens is 246 g/mol. The maximum atomic E-state index is 10.9. The lowest BCUT2D eigenvalue weighted by molar-refractivity contribution is -0.384. The fourth-order valence-corrected chi connectivity index (χ4v) is 2.13. The van der Waals surface area contributed by atoms with Crippen LogP contribution in [-0.4, -0.2) is 24.7 Å². The van der Waals surface area contributed by atoms with Crippen LogP contribution >= 0.6 is 0 Å². The zero-order valence-corrected chi connectivity index (χ0v) is 10.5. The van der Waals surface area contributed by atoms with Gasteiger partial charge in [-0.05, 0) is 30.9 Å². The van der Waals surface area contributed by atoms with Crippen LogP contribution in [0.1, 0.15) is 18.4 Å². The lowest BCUT2D eigenvalue weighted by atomic mass is 10.1. The van der Waals surface area contributed by atoms with Gasteiger partial charge in [-0.2, -0.15) is 5.26 Å². The van der Waals surface area contributed by atoms with Crippen LogP contribution in [0.4, 0.5) is 11.4 Å². The van der Waals surface area contributed by atoms with Crippen molar-refractivity contribution < 1.29 is 9.66 Å². The Kier molecular flexibility index (Phi) is 4.31. The molecule has 1 aliphatic rings. The van der Waals surface area contributed by atoms with Gasteiger partial charge in [0.05, 0.1) is 16.6 Å². The number of nitro groups is 1. The van der Waals surface area contributed by atoms with Crippen molar-refractivity contribution in [2.45, 2.75) is 12.8 Å². The average molecular weight is 261 g/mol. The summed E-state index contributed by atoms with van der Waals surface area (Å²) in [6, 6.07) is 6.31. The summed E-state index contributed by atoms with van der Waals surface area (Å²) in [5.74, 6) is 0.519. The highest BCUT2D eigenvalue weighted by molar-refractivity contribution is 5.64. The normalized spacial score (nSPS) is 17.9. The number of nitrogens with one attached hydrogen (secondary N) is 1. The van der Waals surface area contributed by atoms with Crippen LogP contribution in [0.3, 0.4) is 0 Å². The lowest BCUT2D eigenvalue weighted by Crippen LogP contribution is -2.10. The second-order valence-corrected chi connectivity index (χ2v) is 4.55. The highest BCUT2D eigenvalue weighted by atomic mass is 16.6. The molecule has 0 bridgehead atoms. The maximum Gasteiger partial charge on any atom is 0.292 e. The number of hydrogen-bond acceptors (Lipinski definition) is 5. The summed E-state index contributed by atoms with van der Waals surface area (Å²) in [4.78, 5) is 10.5. The third-order valence-electron chi connectivity index (χ3n) is 3.21. The van der Waals surface area contributed by atoms with Crippen molar-refractivity contribution in [3.05, 3.63) is 33.9 Å². The number of nitro benzene ring substituents is 1. The Morgan fingerprint density at radius 2 is 2.42 bits per heavy atom. The van der Waals surface area contributed by atoms with Gasteiger partial charge in [0.1, 0.15) is 5.69 Å². The second kappa shape index (κ2) is 6.16. The van der Waals surface area contributed by atoms with Crippen molar-refractivity contribution in [3.63, 3.8) is 0 Å². The highest BCUT2D eigenvalue weighted by Gasteiger charge is 2.17. The fraction of sp³-hybridized carbons (Fsp3) is 0.462. The van der Waals surface area contributed by atoms with E-state index in [9.17, 15) is 10.1 Å². The molecule has 1 aromatic carbocycles. The van der Waals surface area contributed by atoms with Crippen LogP contribution in [0.15, 0.2) is 18.2 Å². The molecule has 1 aliphatic heterocycles. The van der Waals surface area contributed by atoms with Crippen LogP contribution in [0, 0.1) is 27.4 Å². The van der Waals surface area contributed by atoms with Crippen LogP contribution in [-0.2, 0) is 4.74 Å². The third-order valence-corrected chi connectivity index (χ3v) is 3.21. The largest absolute Gasteiger partial charge is 0.381 e. The lowest BCUT2D eigenvalue weighted by Gasteiger charge is -2.10. The quantitative estimate of drug-likeness (QED) is 0.649. The van der Waals surface area contributed by atoms with Gasteiger partial charge in [0.2, 0.25) is 0 Å². The Morgan fingerprint density at radius 1 is 1.58 bits per heavy atom. The number of ether oxygens (including phenoxy) is 1. The number of anilines is 1. The number of nitrogens with zero attached hydrogens (tertiary/aromatic N) is 2. The molecule has 0 aliphatic carbocycles. The van der Waals surface area contributed by atoms with E-state index in [1.54, 1.807) is 0 Å². The van der Waals surface area contributed by atoms with Gasteiger partial charge >= 0.3 is 0 Å². The predicted molar refractivity (Wildman–Crippen MR) is 69.8 cm³/mol. The van der Waals surface area contributed by atoms with Crippen molar-refractivity contribution in [1.29, 1.82) is 5.26 Å². The molecule has 0 amide bonds. The molecule has 0 radical (unpaired) electrons. The molecule has 0 saturated carbocycles. The van der Waals surface area contributed by atoms with Crippen LogP contribution in [0.25, 0.3) is 0 Å². The molecule has 1 saturated heterocycles. The zero-order valence-electron chi connectivity index (χ0n) is 10.5. The van der Waals surface area contributed by atoms with Crippen molar-refractivity contribution in [1.82, 2.24) is 0 Å². The summed E-state index contributed by atoms with van der Waals surface area (Å²) in [6.07, 6.45) is 1.95. The summed E-state index contributed by atoms with van der Waals surface area (Å²) in [7, 11) is 0. The van der Waals surface area contributed by atoms with Crippen LogP contribution in [0.2, 0.25) is 0 Å². The van der Waals surface area contributed by atoms with E-state index in [1.165, 1.54) is 18.2 Å². The van der Waals surface area contributed by atoms with E-state index < -0.39 is 4.92 Å². The highest BCUT2D eigenvalue weighted by Crippen LogP contribution is 2.26.